The minimum absolute atomic E-state index is 0.0314. The number of para-hydroxylation sites is 1. The summed E-state index contributed by atoms with van der Waals surface area (Å²) in [6.07, 6.45) is 0. The van der Waals surface area contributed by atoms with Gasteiger partial charge in [0.05, 0.1) is 10.5 Å². The first-order valence-corrected chi connectivity index (χ1v) is 7.05. The van der Waals surface area contributed by atoms with Crippen molar-refractivity contribution in [2.24, 2.45) is 5.92 Å². The maximum Gasteiger partial charge on any atom is 0.293 e. The topological polar surface area (TPSA) is 75.5 Å². The molecule has 0 radical (unpaired) electrons. The Kier molecular flexibility index (Phi) is 5.69. The summed E-state index contributed by atoms with van der Waals surface area (Å²) in [5.74, 6) is 0.139. The number of amides is 1. The largest absolute Gasteiger partial charge is 0.382 e. The molecule has 0 unspecified atom stereocenters. The molecule has 0 fully saturated rings. The smallest absolute Gasteiger partial charge is 0.293 e. The third-order valence-electron chi connectivity index (χ3n) is 3.17. The molecule has 116 valence electrons. The van der Waals surface area contributed by atoms with Gasteiger partial charge >= 0.3 is 0 Å². The average molecular weight is 293 g/mol. The zero-order valence-corrected chi connectivity index (χ0v) is 13.2. The third-order valence-corrected chi connectivity index (χ3v) is 3.17. The summed E-state index contributed by atoms with van der Waals surface area (Å²) in [4.78, 5) is 25.1. The number of rotatable bonds is 6. The monoisotopic (exact) mass is 293 g/mol. The van der Waals surface area contributed by atoms with Gasteiger partial charge in [-0.3, -0.25) is 14.9 Å². The molecule has 0 saturated carbocycles. The maximum absolute atomic E-state index is 12.7. The van der Waals surface area contributed by atoms with Gasteiger partial charge in [-0.1, -0.05) is 19.9 Å². The van der Waals surface area contributed by atoms with Crippen molar-refractivity contribution in [1.29, 1.82) is 0 Å². The van der Waals surface area contributed by atoms with Crippen LogP contribution < -0.4 is 5.32 Å². The fraction of sp³-hybridized carbons (Fsp3) is 0.533. The molecule has 0 aliphatic rings. The normalized spacial score (nSPS) is 10.8. The van der Waals surface area contributed by atoms with Crippen molar-refractivity contribution < 1.29 is 9.72 Å². The van der Waals surface area contributed by atoms with Gasteiger partial charge in [-0.15, -0.1) is 0 Å². The molecule has 6 nitrogen and oxygen atoms in total. The number of nitro groups is 1. The molecular formula is C15H23N3O3. The Labute approximate surface area is 125 Å². The number of nitrogens with one attached hydrogen (secondary N) is 1. The predicted octanol–water partition coefficient (Wildman–Crippen LogP) is 3.14. The summed E-state index contributed by atoms with van der Waals surface area (Å²) in [5.41, 5.74) is 0.513. The van der Waals surface area contributed by atoms with Crippen LogP contribution in [0.25, 0.3) is 0 Å². The second-order valence-corrected chi connectivity index (χ2v) is 5.65. The van der Waals surface area contributed by atoms with Crippen LogP contribution >= 0.6 is 0 Å². The highest BCUT2D eigenvalue weighted by atomic mass is 16.6. The summed E-state index contributed by atoms with van der Waals surface area (Å²) in [6, 6.07) is 4.59. The fourth-order valence-corrected chi connectivity index (χ4v) is 2.21. The number of carbonyl (C=O) groups excluding carboxylic acids is 1. The second kappa shape index (κ2) is 7.06. The van der Waals surface area contributed by atoms with E-state index in [2.05, 4.69) is 5.32 Å². The average Bonchev–Trinajstić information content (AvgIpc) is 2.42. The maximum atomic E-state index is 12.7. The number of carbonyl (C=O) groups is 1. The van der Waals surface area contributed by atoms with E-state index in [0.717, 1.165) is 0 Å². The highest BCUT2D eigenvalue weighted by Gasteiger charge is 2.26. The minimum atomic E-state index is -0.481. The molecule has 0 spiro atoms. The van der Waals surface area contributed by atoms with Gasteiger partial charge in [-0.2, -0.15) is 0 Å². The van der Waals surface area contributed by atoms with Crippen LogP contribution in [0.15, 0.2) is 18.2 Å². The summed E-state index contributed by atoms with van der Waals surface area (Å²) < 4.78 is 0. The number of nitrogens with zero attached hydrogens (tertiary/aromatic N) is 2. The minimum Gasteiger partial charge on any atom is -0.382 e. The zero-order chi connectivity index (χ0) is 16.2. The Morgan fingerprint density at radius 1 is 1.33 bits per heavy atom. The van der Waals surface area contributed by atoms with Crippen molar-refractivity contribution in [3.63, 3.8) is 0 Å². The van der Waals surface area contributed by atoms with Crippen LogP contribution in [0.4, 0.5) is 11.4 Å². The molecule has 1 amide bonds. The van der Waals surface area contributed by atoms with Gasteiger partial charge < -0.3 is 10.2 Å². The third kappa shape index (κ3) is 3.93. The van der Waals surface area contributed by atoms with E-state index < -0.39 is 4.92 Å². The molecule has 21 heavy (non-hydrogen) atoms. The first-order chi connectivity index (χ1) is 9.79. The van der Waals surface area contributed by atoms with Gasteiger partial charge in [-0.05, 0) is 25.8 Å². The van der Waals surface area contributed by atoms with Crippen molar-refractivity contribution >= 4 is 17.3 Å². The van der Waals surface area contributed by atoms with Crippen molar-refractivity contribution in [2.75, 3.05) is 18.9 Å². The van der Waals surface area contributed by atoms with Crippen molar-refractivity contribution in [3.05, 3.63) is 33.9 Å². The van der Waals surface area contributed by atoms with E-state index in [1.165, 1.54) is 6.07 Å². The van der Waals surface area contributed by atoms with Crippen LogP contribution in [0, 0.1) is 16.0 Å². The van der Waals surface area contributed by atoms with E-state index in [1.807, 2.05) is 27.7 Å². The molecule has 0 aliphatic heterocycles. The van der Waals surface area contributed by atoms with E-state index in [-0.39, 0.29) is 23.3 Å². The fourth-order valence-electron chi connectivity index (χ4n) is 2.21. The van der Waals surface area contributed by atoms with Crippen LogP contribution in [0.1, 0.15) is 38.1 Å². The van der Waals surface area contributed by atoms with Gasteiger partial charge in [0.25, 0.3) is 11.6 Å². The van der Waals surface area contributed by atoms with Crippen LogP contribution in [0.5, 0.6) is 0 Å². The second-order valence-electron chi connectivity index (χ2n) is 5.65. The summed E-state index contributed by atoms with van der Waals surface area (Å²) in [5, 5.41) is 13.9. The number of hydrogen-bond acceptors (Lipinski definition) is 4. The molecule has 0 aromatic heterocycles. The molecule has 1 N–H and O–H groups in total. The van der Waals surface area contributed by atoms with Crippen LogP contribution in [0.2, 0.25) is 0 Å². The number of benzene rings is 1. The van der Waals surface area contributed by atoms with Gasteiger partial charge in [0.15, 0.2) is 0 Å². The van der Waals surface area contributed by atoms with Gasteiger partial charge in [0.2, 0.25) is 0 Å². The lowest BCUT2D eigenvalue weighted by atomic mass is 10.1. The molecule has 0 saturated heterocycles. The van der Waals surface area contributed by atoms with Crippen LogP contribution in [-0.2, 0) is 0 Å². The Morgan fingerprint density at radius 2 is 1.95 bits per heavy atom. The molecule has 1 aromatic rings. The van der Waals surface area contributed by atoms with E-state index in [9.17, 15) is 14.9 Å². The summed E-state index contributed by atoms with van der Waals surface area (Å²) in [6.45, 7) is 8.57. The van der Waals surface area contributed by atoms with Gasteiger partial charge in [0, 0.05) is 25.7 Å². The van der Waals surface area contributed by atoms with Crippen LogP contribution in [-0.4, -0.2) is 35.4 Å². The molecule has 0 heterocycles. The number of hydrogen-bond donors (Lipinski definition) is 1. The van der Waals surface area contributed by atoms with Crippen molar-refractivity contribution in [1.82, 2.24) is 4.90 Å². The number of nitro benzene ring substituents is 1. The van der Waals surface area contributed by atoms with Crippen LogP contribution in [0.3, 0.4) is 0 Å². The standard InChI is InChI=1S/C15H23N3O3/c1-10(2)9-17(11(3)4)15(19)12-7-6-8-13(18(20)21)14(12)16-5/h6-8,10-11,16H,9H2,1-5H3. The Bertz CT molecular complexity index is 527. The van der Waals surface area contributed by atoms with E-state index in [1.54, 1.807) is 24.1 Å². The number of anilines is 1. The molecule has 0 atom stereocenters. The highest BCUT2D eigenvalue weighted by Crippen LogP contribution is 2.29. The lowest BCUT2D eigenvalue weighted by molar-refractivity contribution is -0.384. The lowest BCUT2D eigenvalue weighted by Crippen LogP contribution is -2.39. The van der Waals surface area contributed by atoms with E-state index >= 15 is 0 Å². The zero-order valence-electron chi connectivity index (χ0n) is 13.2. The predicted molar refractivity (Wildman–Crippen MR) is 83.7 cm³/mol. The first-order valence-electron chi connectivity index (χ1n) is 7.05. The lowest BCUT2D eigenvalue weighted by Gasteiger charge is -2.29. The Hall–Kier alpha value is -2.11. The highest BCUT2D eigenvalue weighted by molar-refractivity contribution is 6.01. The molecule has 6 heteroatoms. The molecule has 0 aliphatic carbocycles. The van der Waals surface area contributed by atoms with Gasteiger partial charge in [-0.25, -0.2) is 0 Å². The SMILES string of the molecule is CNc1c(C(=O)N(CC(C)C)C(C)C)cccc1[N+](=O)[O-]. The molecule has 0 bridgehead atoms. The van der Waals surface area contributed by atoms with Crippen molar-refractivity contribution in [2.45, 2.75) is 33.7 Å². The Balaban J connectivity index is 3.28. The van der Waals surface area contributed by atoms with Crippen molar-refractivity contribution in [3.8, 4) is 0 Å². The molecule has 1 rings (SSSR count). The first kappa shape index (κ1) is 16.9. The molecular weight excluding hydrogens is 270 g/mol. The quantitative estimate of drug-likeness (QED) is 0.645. The summed E-state index contributed by atoms with van der Waals surface area (Å²) >= 11 is 0. The van der Waals surface area contributed by atoms with E-state index in [0.29, 0.717) is 18.0 Å². The molecule has 1 aromatic carbocycles. The summed E-state index contributed by atoms with van der Waals surface area (Å²) in [7, 11) is 1.58. The van der Waals surface area contributed by atoms with Gasteiger partial charge in [0.1, 0.15) is 5.69 Å². The Morgan fingerprint density at radius 3 is 2.38 bits per heavy atom. The van der Waals surface area contributed by atoms with E-state index in [4.69, 9.17) is 0 Å².